The number of alkyl halides is 2. The highest BCUT2D eigenvalue weighted by molar-refractivity contribution is 5.27. The number of halogens is 8. The average molecular weight is 251 g/mol. The molecule has 0 saturated carbocycles. The molecule has 1 nitrogen and oxygen atoms in total. The highest BCUT2D eigenvalue weighted by Crippen LogP contribution is 2.33. The van der Waals surface area contributed by atoms with Crippen molar-refractivity contribution in [3.8, 4) is 0 Å². The number of benzene rings is 1. The molecule has 1 N–H and O–H groups in total. The molecule has 90 valence electrons. The van der Waals surface area contributed by atoms with Crippen LogP contribution in [-0.4, -0.2) is 0 Å². The third-order valence-electron chi connectivity index (χ3n) is 1.64. The molecule has 0 fully saturated rings. The van der Waals surface area contributed by atoms with Gasteiger partial charge in [-0.15, -0.1) is 4.48 Å². The summed E-state index contributed by atoms with van der Waals surface area (Å²) in [5.41, 5.74) is -2.93. The van der Waals surface area contributed by atoms with Gasteiger partial charge in [-0.2, -0.15) is 8.78 Å². The zero-order valence-electron chi connectivity index (χ0n) is 7.02. The predicted octanol–water partition coefficient (Wildman–Crippen LogP) is 2.91. The lowest BCUT2D eigenvalue weighted by Gasteiger charge is -2.15. The maximum atomic E-state index is 12.7. The minimum atomic E-state index is -5.02. The molecule has 0 aliphatic carbocycles. The molecule has 0 amide bonds. The van der Waals surface area contributed by atoms with Crippen LogP contribution in [-0.2, 0) is 6.05 Å². The van der Waals surface area contributed by atoms with E-state index in [1.165, 1.54) is 0 Å². The fourth-order valence-electron chi connectivity index (χ4n) is 0.928. The highest BCUT2D eigenvalue weighted by atomic mass is 19.3. The Morgan fingerprint density at radius 1 is 0.688 bits per heavy atom. The van der Waals surface area contributed by atoms with Gasteiger partial charge in [-0.1, -0.05) is 5.54 Å². The van der Waals surface area contributed by atoms with Crippen molar-refractivity contribution in [2.45, 2.75) is 6.05 Å². The normalized spacial score (nSPS) is 12.0. The molecule has 16 heavy (non-hydrogen) atoms. The van der Waals surface area contributed by atoms with Crippen LogP contribution >= 0.6 is 0 Å². The summed E-state index contributed by atoms with van der Waals surface area (Å²) in [5.74, 6) is -13.4. The first-order valence-corrected chi connectivity index (χ1v) is 3.51. The molecule has 0 heterocycles. The van der Waals surface area contributed by atoms with E-state index in [-0.39, 0.29) is 5.54 Å². The van der Waals surface area contributed by atoms with E-state index in [9.17, 15) is 35.2 Å². The van der Waals surface area contributed by atoms with Crippen molar-refractivity contribution in [3.05, 3.63) is 34.6 Å². The highest BCUT2D eigenvalue weighted by Gasteiger charge is 2.42. The summed E-state index contributed by atoms with van der Waals surface area (Å²) in [7, 11) is 0. The molecule has 0 saturated heterocycles. The van der Waals surface area contributed by atoms with Crippen LogP contribution in [0.1, 0.15) is 5.56 Å². The van der Waals surface area contributed by atoms with Gasteiger partial charge in [-0.3, -0.25) is 0 Å². The Labute approximate surface area is 82.6 Å². The zero-order chi connectivity index (χ0) is 12.7. The third-order valence-corrected chi connectivity index (χ3v) is 1.64. The Bertz CT molecular complexity index is 400. The van der Waals surface area contributed by atoms with Crippen LogP contribution in [0.25, 0.3) is 0 Å². The van der Waals surface area contributed by atoms with Gasteiger partial charge in [0.2, 0.25) is 5.82 Å². The van der Waals surface area contributed by atoms with Gasteiger partial charge in [-0.05, 0) is 0 Å². The quantitative estimate of drug-likeness (QED) is 0.280. The molecule has 1 aromatic carbocycles. The molecule has 1 rings (SSSR count). The Morgan fingerprint density at radius 2 is 1.00 bits per heavy atom. The first kappa shape index (κ1) is 12.7. The summed E-state index contributed by atoms with van der Waals surface area (Å²) in [5, 5.41) is 0. The van der Waals surface area contributed by atoms with E-state index in [1.807, 2.05) is 0 Å². The fourth-order valence-corrected chi connectivity index (χ4v) is 0.928. The van der Waals surface area contributed by atoms with Gasteiger partial charge in [0.1, 0.15) is 5.56 Å². The van der Waals surface area contributed by atoms with E-state index < -0.39 is 40.7 Å². The van der Waals surface area contributed by atoms with E-state index in [4.69, 9.17) is 0 Å². The van der Waals surface area contributed by atoms with Gasteiger partial charge in [-0.25, -0.2) is 22.0 Å². The van der Waals surface area contributed by atoms with Gasteiger partial charge in [0.25, 0.3) is 0 Å². The summed E-state index contributed by atoms with van der Waals surface area (Å²) in [6, 6.07) is -5.02. The van der Waals surface area contributed by atoms with Crippen LogP contribution < -0.4 is 5.54 Å². The molecule has 0 radical (unpaired) electrons. The van der Waals surface area contributed by atoms with E-state index in [2.05, 4.69) is 0 Å². The Kier molecular flexibility index (Phi) is 3.08. The van der Waals surface area contributed by atoms with Crippen molar-refractivity contribution < 1.29 is 35.2 Å². The number of nitrogens with one attached hydrogen (secondary N) is 1. The maximum absolute atomic E-state index is 12.7. The van der Waals surface area contributed by atoms with E-state index in [0.717, 1.165) is 0 Å². The number of rotatable bonds is 2. The molecular weight excluding hydrogens is 250 g/mol. The van der Waals surface area contributed by atoms with E-state index in [1.54, 1.807) is 0 Å². The van der Waals surface area contributed by atoms with Crippen molar-refractivity contribution in [3.63, 3.8) is 0 Å². The van der Waals surface area contributed by atoms with Gasteiger partial charge >= 0.3 is 6.05 Å². The monoisotopic (exact) mass is 251 g/mol. The summed E-state index contributed by atoms with van der Waals surface area (Å²) < 4.78 is 99.1. The molecule has 9 heteroatoms. The molecule has 0 unspecified atom stereocenters. The molecule has 0 atom stereocenters. The van der Waals surface area contributed by atoms with Crippen LogP contribution in [0, 0.1) is 29.1 Å². The van der Waals surface area contributed by atoms with Crippen molar-refractivity contribution >= 4 is 0 Å². The maximum Gasteiger partial charge on any atom is 0.360 e. The smallest absolute Gasteiger partial charge is 0.203 e. The number of hydrogen-bond donors (Lipinski definition) is 1. The van der Waals surface area contributed by atoms with Crippen LogP contribution in [0.5, 0.6) is 0 Å². The predicted molar refractivity (Wildman–Crippen MR) is 34.4 cm³/mol. The first-order valence-electron chi connectivity index (χ1n) is 3.51. The first-order chi connectivity index (χ1) is 7.24. The lowest BCUT2D eigenvalue weighted by Crippen LogP contribution is -2.31. The van der Waals surface area contributed by atoms with E-state index in [0.29, 0.717) is 0 Å². The van der Waals surface area contributed by atoms with Crippen molar-refractivity contribution in [2.75, 3.05) is 0 Å². The molecule has 0 aromatic heterocycles. The molecule has 1 aromatic rings. The Hall–Kier alpha value is -1.38. The second-order valence-corrected chi connectivity index (χ2v) is 2.61. The summed E-state index contributed by atoms with van der Waals surface area (Å²) in [4.78, 5) is 0. The molecule has 0 aliphatic rings. The molecular formula is C7HF8N. The lowest BCUT2D eigenvalue weighted by atomic mass is 10.1. The molecule has 0 bridgehead atoms. The SMILES string of the molecule is FNC(F)(F)c1c(F)c(F)c(F)c(F)c1F. The van der Waals surface area contributed by atoms with Crippen molar-refractivity contribution in [2.24, 2.45) is 0 Å². The van der Waals surface area contributed by atoms with Crippen molar-refractivity contribution in [1.82, 2.24) is 5.54 Å². The topological polar surface area (TPSA) is 12.0 Å². The minimum absolute atomic E-state index is 0.356. The van der Waals surface area contributed by atoms with Gasteiger partial charge in [0.15, 0.2) is 23.3 Å². The second-order valence-electron chi connectivity index (χ2n) is 2.61. The Morgan fingerprint density at radius 3 is 1.31 bits per heavy atom. The van der Waals surface area contributed by atoms with Gasteiger partial charge in [0, 0.05) is 0 Å². The molecule has 0 aliphatic heterocycles. The second kappa shape index (κ2) is 3.89. The van der Waals surface area contributed by atoms with Crippen LogP contribution in [0.2, 0.25) is 0 Å². The third kappa shape index (κ3) is 1.70. The van der Waals surface area contributed by atoms with Gasteiger partial charge < -0.3 is 0 Å². The number of hydrogen-bond acceptors (Lipinski definition) is 1. The zero-order valence-corrected chi connectivity index (χ0v) is 7.02. The molecule has 0 spiro atoms. The summed E-state index contributed by atoms with van der Waals surface area (Å²) >= 11 is 0. The van der Waals surface area contributed by atoms with E-state index >= 15 is 0 Å². The Balaban J connectivity index is 3.65. The lowest BCUT2D eigenvalue weighted by molar-refractivity contribution is -0.100. The summed E-state index contributed by atoms with van der Waals surface area (Å²) in [6.45, 7) is 0. The van der Waals surface area contributed by atoms with Crippen LogP contribution in [0.4, 0.5) is 35.2 Å². The van der Waals surface area contributed by atoms with Crippen LogP contribution in [0.3, 0.4) is 0 Å². The minimum Gasteiger partial charge on any atom is -0.203 e. The summed E-state index contributed by atoms with van der Waals surface area (Å²) in [6.07, 6.45) is 0. The van der Waals surface area contributed by atoms with Crippen molar-refractivity contribution in [1.29, 1.82) is 0 Å². The standard InChI is InChI=1S/C7HF8N/c8-2-1(7(13,14)16-15)3(9)5(11)6(12)4(2)10/h16H. The fraction of sp³-hybridized carbons (Fsp3) is 0.143. The largest absolute Gasteiger partial charge is 0.360 e. The van der Waals surface area contributed by atoms with Gasteiger partial charge in [0.05, 0.1) is 0 Å². The van der Waals surface area contributed by atoms with Crippen LogP contribution in [0.15, 0.2) is 0 Å². The average Bonchev–Trinajstić information content (AvgIpc) is 2.23.